The zero-order valence-corrected chi connectivity index (χ0v) is 14.9. The normalized spacial score (nSPS) is 17.3. The number of nitrogens with zero attached hydrogens (tertiary/aromatic N) is 3. The van der Waals surface area contributed by atoms with Crippen LogP contribution in [0.15, 0.2) is 47.4 Å². The Morgan fingerprint density at radius 1 is 1.32 bits per heavy atom. The quantitative estimate of drug-likeness (QED) is 0.703. The molecule has 3 heterocycles. The fraction of sp³-hybridized carbons (Fsp3) is 0.368. The average Bonchev–Trinajstić information content (AvgIpc) is 3.38. The molecule has 5 nitrogen and oxygen atoms in total. The Balaban J connectivity index is 1.29. The van der Waals surface area contributed by atoms with Gasteiger partial charge in [-0.25, -0.2) is 9.78 Å². The van der Waals surface area contributed by atoms with E-state index in [1.54, 1.807) is 11.3 Å². The second-order valence-corrected chi connectivity index (χ2v) is 7.20. The van der Waals surface area contributed by atoms with Crippen LogP contribution in [0.3, 0.4) is 0 Å². The van der Waals surface area contributed by atoms with Crippen molar-refractivity contribution >= 4 is 28.4 Å². The highest BCUT2D eigenvalue weighted by Gasteiger charge is 2.29. The van der Waals surface area contributed by atoms with Crippen molar-refractivity contribution in [1.82, 2.24) is 19.8 Å². The summed E-state index contributed by atoms with van der Waals surface area (Å²) in [5.41, 5.74) is 3.43. The number of carbonyl (C=O) groups excluding carboxylic acids is 1. The summed E-state index contributed by atoms with van der Waals surface area (Å²) >= 11 is 1.69. The molecule has 0 aliphatic carbocycles. The van der Waals surface area contributed by atoms with Crippen LogP contribution in [0.25, 0.3) is 11.0 Å². The lowest BCUT2D eigenvalue weighted by molar-refractivity contribution is 0.193. The van der Waals surface area contributed by atoms with Crippen LogP contribution in [-0.2, 0) is 6.54 Å². The van der Waals surface area contributed by atoms with Gasteiger partial charge in [-0.1, -0.05) is 12.1 Å². The van der Waals surface area contributed by atoms with E-state index in [-0.39, 0.29) is 12.1 Å². The average molecular weight is 354 g/mol. The summed E-state index contributed by atoms with van der Waals surface area (Å²) in [4.78, 5) is 18.9. The highest BCUT2D eigenvalue weighted by molar-refractivity contribution is 7.08. The van der Waals surface area contributed by atoms with Gasteiger partial charge >= 0.3 is 6.03 Å². The molecule has 0 saturated carbocycles. The molecule has 1 aliphatic heterocycles. The largest absolute Gasteiger partial charge is 0.338 e. The zero-order valence-electron chi connectivity index (χ0n) is 14.1. The smallest absolute Gasteiger partial charge is 0.317 e. The Hall–Kier alpha value is -2.34. The molecule has 1 aliphatic rings. The van der Waals surface area contributed by atoms with Gasteiger partial charge in [-0.3, -0.25) is 0 Å². The van der Waals surface area contributed by atoms with E-state index in [9.17, 15) is 4.79 Å². The van der Waals surface area contributed by atoms with Gasteiger partial charge in [0.05, 0.1) is 23.4 Å². The van der Waals surface area contributed by atoms with Crippen LogP contribution in [0.4, 0.5) is 4.79 Å². The maximum Gasteiger partial charge on any atom is 0.317 e. The lowest BCUT2D eigenvalue weighted by atomic mass is 10.1. The van der Waals surface area contributed by atoms with Gasteiger partial charge in [0.1, 0.15) is 0 Å². The summed E-state index contributed by atoms with van der Waals surface area (Å²) in [5, 5.41) is 7.32. The Morgan fingerprint density at radius 2 is 2.24 bits per heavy atom. The number of fused-ring (bicyclic) bond motifs is 1. The first-order valence-corrected chi connectivity index (χ1v) is 9.73. The van der Waals surface area contributed by atoms with Crippen molar-refractivity contribution in [2.75, 3.05) is 13.1 Å². The van der Waals surface area contributed by atoms with Crippen molar-refractivity contribution in [3.05, 3.63) is 53.0 Å². The summed E-state index contributed by atoms with van der Waals surface area (Å²) in [6.45, 7) is 2.38. The van der Waals surface area contributed by atoms with Crippen LogP contribution in [0.1, 0.15) is 30.9 Å². The number of aromatic nitrogens is 2. The maximum atomic E-state index is 12.5. The van der Waals surface area contributed by atoms with Crippen molar-refractivity contribution in [2.45, 2.75) is 31.8 Å². The van der Waals surface area contributed by atoms with Crippen LogP contribution in [0.2, 0.25) is 0 Å². The Bertz CT molecular complexity index is 842. The van der Waals surface area contributed by atoms with E-state index in [1.807, 2.05) is 29.4 Å². The molecule has 1 aromatic carbocycles. The van der Waals surface area contributed by atoms with E-state index in [4.69, 9.17) is 0 Å². The Kier molecular flexibility index (Phi) is 4.70. The first-order valence-electron chi connectivity index (χ1n) is 8.79. The topological polar surface area (TPSA) is 50.2 Å². The van der Waals surface area contributed by atoms with Gasteiger partial charge < -0.3 is 14.8 Å². The van der Waals surface area contributed by atoms with E-state index in [0.717, 1.165) is 43.4 Å². The number of nitrogens with one attached hydrogen (secondary N) is 1. The number of hydrogen-bond acceptors (Lipinski definition) is 3. The number of thiophene rings is 1. The lowest BCUT2D eigenvalue weighted by Crippen LogP contribution is -2.40. The molecule has 0 spiro atoms. The third kappa shape index (κ3) is 3.39. The molecule has 2 amide bonds. The number of urea groups is 1. The predicted molar refractivity (Wildman–Crippen MR) is 101 cm³/mol. The fourth-order valence-electron chi connectivity index (χ4n) is 3.56. The number of benzene rings is 1. The molecule has 2 aromatic heterocycles. The third-order valence-electron chi connectivity index (χ3n) is 4.82. The molecule has 0 unspecified atom stereocenters. The second kappa shape index (κ2) is 7.27. The number of likely N-dealkylation sites (tertiary alicyclic amines) is 1. The zero-order chi connectivity index (χ0) is 17.1. The third-order valence-corrected chi connectivity index (χ3v) is 5.52. The minimum Gasteiger partial charge on any atom is -0.338 e. The number of imidazole rings is 1. The number of carbonyl (C=O) groups is 1. The summed E-state index contributed by atoms with van der Waals surface area (Å²) < 4.78 is 2.14. The SMILES string of the molecule is O=C(NCCCn1cnc2ccccc21)N1CCC[C@@H]1c1ccsc1. The van der Waals surface area contributed by atoms with Crippen molar-refractivity contribution < 1.29 is 4.79 Å². The number of amides is 2. The van der Waals surface area contributed by atoms with E-state index < -0.39 is 0 Å². The first kappa shape index (κ1) is 16.1. The van der Waals surface area contributed by atoms with Gasteiger partial charge in [0.15, 0.2) is 0 Å². The minimum atomic E-state index is 0.0594. The summed E-state index contributed by atoms with van der Waals surface area (Å²) in [6, 6.07) is 10.6. The van der Waals surface area contributed by atoms with Gasteiger partial charge in [-0.15, -0.1) is 0 Å². The molecule has 25 heavy (non-hydrogen) atoms. The van der Waals surface area contributed by atoms with Crippen LogP contribution in [-0.4, -0.2) is 33.6 Å². The molecule has 1 saturated heterocycles. The molecule has 1 atom stereocenters. The minimum absolute atomic E-state index is 0.0594. The highest BCUT2D eigenvalue weighted by atomic mass is 32.1. The van der Waals surface area contributed by atoms with E-state index in [0.29, 0.717) is 6.54 Å². The van der Waals surface area contributed by atoms with E-state index >= 15 is 0 Å². The molecule has 3 aromatic rings. The number of rotatable bonds is 5. The van der Waals surface area contributed by atoms with Crippen molar-refractivity contribution in [1.29, 1.82) is 0 Å². The van der Waals surface area contributed by atoms with E-state index in [2.05, 4.69) is 37.8 Å². The molecule has 1 fully saturated rings. The molecule has 1 N–H and O–H groups in total. The van der Waals surface area contributed by atoms with Crippen LogP contribution in [0.5, 0.6) is 0 Å². The van der Waals surface area contributed by atoms with Gasteiger partial charge in [0, 0.05) is 19.6 Å². The lowest BCUT2D eigenvalue weighted by Gasteiger charge is -2.24. The van der Waals surface area contributed by atoms with Crippen molar-refractivity contribution in [3.63, 3.8) is 0 Å². The fourth-order valence-corrected chi connectivity index (χ4v) is 4.26. The van der Waals surface area contributed by atoms with E-state index in [1.165, 1.54) is 5.56 Å². The number of hydrogen-bond donors (Lipinski definition) is 1. The summed E-state index contributed by atoms with van der Waals surface area (Å²) in [6.07, 6.45) is 4.91. The predicted octanol–water partition coefficient (Wildman–Crippen LogP) is 4.03. The standard InChI is InChI=1S/C19H22N4OS/c24-19(23-11-3-7-17(23)15-8-12-25-13-15)20-9-4-10-22-14-21-16-5-1-2-6-18(16)22/h1-2,5-6,8,12-14,17H,3-4,7,9-11H2,(H,20,24)/t17-/m1/s1. The molecule has 6 heteroatoms. The first-order chi connectivity index (χ1) is 12.3. The molecule has 0 radical (unpaired) electrons. The Morgan fingerprint density at radius 3 is 3.12 bits per heavy atom. The number of aryl methyl sites for hydroxylation is 1. The highest BCUT2D eigenvalue weighted by Crippen LogP contribution is 2.32. The van der Waals surface area contributed by atoms with Crippen LogP contribution < -0.4 is 5.32 Å². The summed E-state index contributed by atoms with van der Waals surface area (Å²) in [7, 11) is 0. The van der Waals surface area contributed by atoms with Gasteiger partial charge in [-0.05, 0) is 53.8 Å². The second-order valence-electron chi connectivity index (χ2n) is 6.42. The van der Waals surface area contributed by atoms with Gasteiger partial charge in [0.25, 0.3) is 0 Å². The molecule has 0 bridgehead atoms. The Labute approximate surface area is 151 Å². The molecule has 130 valence electrons. The van der Waals surface area contributed by atoms with Crippen LogP contribution >= 0.6 is 11.3 Å². The van der Waals surface area contributed by atoms with Crippen molar-refractivity contribution in [3.8, 4) is 0 Å². The molecule has 4 rings (SSSR count). The summed E-state index contributed by atoms with van der Waals surface area (Å²) in [5.74, 6) is 0. The van der Waals surface area contributed by atoms with Gasteiger partial charge in [-0.2, -0.15) is 11.3 Å². The van der Waals surface area contributed by atoms with Crippen LogP contribution in [0, 0.1) is 0 Å². The number of para-hydroxylation sites is 2. The molecular formula is C19H22N4OS. The van der Waals surface area contributed by atoms with Gasteiger partial charge in [0.2, 0.25) is 0 Å². The maximum absolute atomic E-state index is 12.5. The molecular weight excluding hydrogens is 332 g/mol. The monoisotopic (exact) mass is 354 g/mol. The van der Waals surface area contributed by atoms with Crippen molar-refractivity contribution in [2.24, 2.45) is 0 Å².